The number of hydrogen-bond acceptors (Lipinski definition) is 4. The van der Waals surface area contributed by atoms with E-state index < -0.39 is 0 Å². The van der Waals surface area contributed by atoms with Gasteiger partial charge >= 0.3 is 0 Å². The minimum absolute atomic E-state index is 0.0756. The third kappa shape index (κ3) is 5.53. The first-order valence-corrected chi connectivity index (χ1v) is 11.1. The fourth-order valence-electron chi connectivity index (χ4n) is 2.72. The molecule has 2 aromatic carbocycles. The Balaban J connectivity index is 1.70. The minimum atomic E-state index is -0.246. The largest absolute Gasteiger partial charge is 0.338 e. The number of anilines is 1. The summed E-state index contributed by atoms with van der Waals surface area (Å²) >= 11 is 3.13. The van der Waals surface area contributed by atoms with Crippen molar-refractivity contribution in [3.05, 3.63) is 53.8 Å². The van der Waals surface area contributed by atoms with Gasteiger partial charge in [0.05, 0.1) is 37.4 Å². The number of nitrogens with zero attached hydrogens (tertiary/aromatic N) is 2. The summed E-state index contributed by atoms with van der Waals surface area (Å²) in [4.78, 5) is 21.7. The van der Waals surface area contributed by atoms with Crippen LogP contribution in [0.25, 0.3) is 10.2 Å². The maximum absolute atomic E-state index is 13.0. The summed E-state index contributed by atoms with van der Waals surface area (Å²) in [6.45, 7) is 3.55. The van der Waals surface area contributed by atoms with Crippen molar-refractivity contribution in [1.29, 1.82) is 0 Å². The Morgan fingerprint density at radius 3 is 2.68 bits per heavy atom. The maximum atomic E-state index is 13.0. The highest BCUT2D eigenvalue weighted by atomic mass is 32.2. The van der Waals surface area contributed by atoms with Gasteiger partial charge in [0.15, 0.2) is 5.13 Å². The molecule has 7 heteroatoms. The van der Waals surface area contributed by atoms with E-state index in [1.54, 1.807) is 35.2 Å². The number of rotatable bonds is 8. The van der Waals surface area contributed by atoms with Crippen LogP contribution in [0.1, 0.15) is 12.0 Å². The van der Waals surface area contributed by atoms with Crippen molar-refractivity contribution < 1.29 is 14.1 Å². The lowest BCUT2D eigenvalue weighted by atomic mass is 10.2. The van der Waals surface area contributed by atoms with Crippen molar-refractivity contribution in [2.75, 3.05) is 37.8 Å². The molecule has 0 saturated carbocycles. The van der Waals surface area contributed by atoms with Gasteiger partial charge in [-0.2, -0.15) is 0 Å². The molecule has 148 valence electrons. The molecule has 1 heterocycles. The lowest BCUT2D eigenvalue weighted by molar-refractivity contribution is -0.856. The predicted molar refractivity (Wildman–Crippen MR) is 116 cm³/mol. The van der Waals surface area contributed by atoms with Gasteiger partial charge in [-0.25, -0.2) is 9.37 Å². The van der Waals surface area contributed by atoms with Crippen molar-refractivity contribution in [2.45, 2.75) is 18.2 Å². The number of carbonyl (C=O) groups is 1. The highest BCUT2D eigenvalue weighted by Gasteiger charge is 2.20. The molecule has 1 amide bonds. The molecule has 0 spiro atoms. The number of fused-ring (bicyclic) bond motifs is 1. The van der Waals surface area contributed by atoms with Gasteiger partial charge in [0.2, 0.25) is 5.91 Å². The van der Waals surface area contributed by atoms with E-state index >= 15 is 0 Å². The number of thiazole rings is 1. The Labute approximate surface area is 173 Å². The molecule has 0 atom stereocenters. The fourth-order valence-corrected chi connectivity index (χ4v) is 4.67. The van der Waals surface area contributed by atoms with Gasteiger partial charge in [0.25, 0.3) is 0 Å². The first-order chi connectivity index (χ1) is 13.4. The number of hydrogen-bond donors (Lipinski definition) is 1. The Morgan fingerprint density at radius 1 is 1.21 bits per heavy atom. The molecule has 1 N–H and O–H groups in total. The number of benzene rings is 2. The number of aromatic nitrogens is 1. The number of aryl methyl sites for hydroxylation is 1. The normalized spacial score (nSPS) is 11.3. The van der Waals surface area contributed by atoms with Crippen LogP contribution in [0.3, 0.4) is 0 Å². The highest BCUT2D eigenvalue weighted by molar-refractivity contribution is 7.99. The number of nitrogens with one attached hydrogen (secondary N) is 1. The lowest BCUT2D eigenvalue weighted by Crippen LogP contribution is -3.06. The Bertz CT molecular complexity index is 940. The van der Waals surface area contributed by atoms with Gasteiger partial charge in [0.1, 0.15) is 5.82 Å². The van der Waals surface area contributed by atoms with Crippen molar-refractivity contribution in [1.82, 2.24) is 4.98 Å². The molecule has 1 aromatic heterocycles. The summed E-state index contributed by atoms with van der Waals surface area (Å²) < 4.78 is 14.1. The van der Waals surface area contributed by atoms with Crippen LogP contribution >= 0.6 is 23.1 Å². The quantitative estimate of drug-likeness (QED) is 0.570. The summed E-state index contributed by atoms with van der Waals surface area (Å²) in [5.74, 6) is 0.482. The van der Waals surface area contributed by atoms with Crippen LogP contribution in [-0.2, 0) is 4.79 Å². The molecule has 0 aliphatic carbocycles. The average Bonchev–Trinajstić information content (AvgIpc) is 3.06. The summed E-state index contributed by atoms with van der Waals surface area (Å²) in [5.41, 5.74) is 2.12. The molecule has 0 aliphatic rings. The Kier molecular flexibility index (Phi) is 7.04. The Morgan fingerprint density at radius 2 is 1.96 bits per heavy atom. The van der Waals surface area contributed by atoms with Crippen LogP contribution in [-0.4, -0.2) is 43.8 Å². The van der Waals surface area contributed by atoms with Gasteiger partial charge in [-0.05, 0) is 48.9 Å². The van der Waals surface area contributed by atoms with Crippen LogP contribution in [0.2, 0.25) is 0 Å². The van der Waals surface area contributed by atoms with Gasteiger partial charge in [-0.3, -0.25) is 9.69 Å². The number of likely N-dealkylation sites (N-methyl/N-ethyl adjacent to an activating group) is 1. The van der Waals surface area contributed by atoms with E-state index in [2.05, 4.69) is 27.1 Å². The zero-order valence-electron chi connectivity index (χ0n) is 16.4. The molecule has 28 heavy (non-hydrogen) atoms. The number of amides is 1. The molecule has 0 unspecified atom stereocenters. The number of quaternary nitrogens is 1. The van der Waals surface area contributed by atoms with Crippen molar-refractivity contribution in [3.63, 3.8) is 0 Å². The average molecular weight is 419 g/mol. The molecule has 0 radical (unpaired) electrons. The molecular formula is C21H25FN3OS2+. The van der Waals surface area contributed by atoms with E-state index in [4.69, 9.17) is 4.98 Å². The molecule has 3 rings (SSSR count). The standard InChI is InChI=1S/C21H24FN3OS2/c1-15-4-9-18-19(14-15)28-21(23-18)25(12-11-24(2)3)20(26)10-13-27-17-7-5-16(22)6-8-17/h4-9,14H,10-13H2,1-3H3/p+1. The highest BCUT2D eigenvalue weighted by Crippen LogP contribution is 2.30. The van der Waals surface area contributed by atoms with Gasteiger partial charge in [-0.1, -0.05) is 17.4 Å². The summed E-state index contributed by atoms with van der Waals surface area (Å²) in [5, 5.41) is 0.763. The number of halogens is 1. The molecule has 0 saturated heterocycles. The molecular weight excluding hydrogens is 393 g/mol. The molecule has 0 aliphatic heterocycles. The second-order valence-corrected chi connectivity index (χ2v) is 9.20. The van der Waals surface area contributed by atoms with E-state index in [9.17, 15) is 9.18 Å². The topological polar surface area (TPSA) is 37.6 Å². The molecule has 4 nitrogen and oxygen atoms in total. The van der Waals surface area contributed by atoms with E-state index in [0.29, 0.717) is 18.7 Å². The maximum Gasteiger partial charge on any atom is 0.229 e. The third-order valence-corrected chi connectivity index (χ3v) is 6.35. The zero-order valence-corrected chi connectivity index (χ0v) is 18.0. The summed E-state index contributed by atoms with van der Waals surface area (Å²) in [7, 11) is 4.16. The van der Waals surface area contributed by atoms with E-state index in [0.717, 1.165) is 26.8 Å². The third-order valence-electron chi connectivity index (χ3n) is 4.30. The second kappa shape index (κ2) is 9.49. The van der Waals surface area contributed by atoms with Crippen molar-refractivity contribution >= 4 is 44.4 Å². The number of thioether (sulfide) groups is 1. The zero-order chi connectivity index (χ0) is 20.1. The van der Waals surface area contributed by atoms with Crippen molar-refractivity contribution in [3.8, 4) is 0 Å². The monoisotopic (exact) mass is 418 g/mol. The van der Waals surface area contributed by atoms with E-state index in [1.165, 1.54) is 22.6 Å². The van der Waals surface area contributed by atoms with Crippen LogP contribution in [0.15, 0.2) is 47.4 Å². The lowest BCUT2D eigenvalue weighted by Gasteiger charge is -2.20. The minimum Gasteiger partial charge on any atom is -0.338 e. The van der Waals surface area contributed by atoms with E-state index in [-0.39, 0.29) is 11.7 Å². The molecule has 3 aromatic rings. The fraction of sp³-hybridized carbons (Fsp3) is 0.333. The summed E-state index contributed by atoms with van der Waals surface area (Å²) in [6, 6.07) is 12.5. The van der Waals surface area contributed by atoms with Crippen LogP contribution < -0.4 is 9.80 Å². The summed E-state index contributed by atoms with van der Waals surface area (Å²) in [6.07, 6.45) is 0.416. The van der Waals surface area contributed by atoms with Crippen molar-refractivity contribution in [2.24, 2.45) is 0 Å². The number of carbonyl (C=O) groups excluding carboxylic acids is 1. The van der Waals surface area contributed by atoms with Crippen LogP contribution in [0, 0.1) is 12.7 Å². The molecule has 0 bridgehead atoms. The van der Waals surface area contributed by atoms with Crippen LogP contribution in [0.4, 0.5) is 9.52 Å². The van der Waals surface area contributed by atoms with Gasteiger partial charge in [-0.15, -0.1) is 11.8 Å². The van der Waals surface area contributed by atoms with Crippen LogP contribution in [0.5, 0.6) is 0 Å². The van der Waals surface area contributed by atoms with Gasteiger partial charge in [0, 0.05) is 17.1 Å². The first kappa shape index (κ1) is 20.8. The predicted octanol–water partition coefficient (Wildman–Crippen LogP) is 3.40. The molecule has 0 fully saturated rings. The van der Waals surface area contributed by atoms with E-state index in [1.807, 2.05) is 17.0 Å². The SMILES string of the molecule is Cc1ccc2nc(N(CC[NH+](C)C)C(=O)CCSc3ccc(F)cc3)sc2c1. The second-order valence-electron chi connectivity index (χ2n) is 7.02. The smallest absolute Gasteiger partial charge is 0.229 e. The first-order valence-electron chi connectivity index (χ1n) is 9.27. The van der Waals surface area contributed by atoms with Gasteiger partial charge < -0.3 is 4.90 Å². The Hall–Kier alpha value is -1.96.